The molecule has 1 saturated carbocycles. The normalized spacial score (nSPS) is 27.9. The molecule has 5 nitrogen and oxygen atoms in total. The minimum absolute atomic E-state index is 0.0604. The van der Waals surface area contributed by atoms with Gasteiger partial charge >= 0.3 is 0 Å². The molecule has 2 fully saturated rings. The summed E-state index contributed by atoms with van der Waals surface area (Å²) in [6.45, 7) is 3.22. The molecule has 0 radical (unpaired) electrons. The number of halogens is 1. The summed E-state index contributed by atoms with van der Waals surface area (Å²) in [5, 5.41) is 6.71. The van der Waals surface area contributed by atoms with Crippen LogP contribution in [0.1, 0.15) is 39.0 Å². The third kappa shape index (κ3) is 4.19. The zero-order valence-electron chi connectivity index (χ0n) is 13.6. The van der Waals surface area contributed by atoms with Gasteiger partial charge < -0.3 is 15.5 Å². The molecule has 23 heavy (non-hydrogen) atoms. The highest BCUT2D eigenvalue weighted by Crippen LogP contribution is 2.23. The molecule has 1 amide bonds. The summed E-state index contributed by atoms with van der Waals surface area (Å²) in [5.41, 5.74) is 0. The van der Waals surface area contributed by atoms with Crippen molar-refractivity contribution in [3.8, 4) is 0 Å². The second-order valence-electron chi connectivity index (χ2n) is 6.66. The third-order valence-corrected chi connectivity index (χ3v) is 4.83. The molecule has 2 heterocycles. The highest BCUT2D eigenvalue weighted by atomic mass is 19.1. The smallest absolute Gasteiger partial charge is 0.217 e. The van der Waals surface area contributed by atoms with Crippen LogP contribution in [0.25, 0.3) is 0 Å². The Morgan fingerprint density at radius 1 is 1.22 bits per heavy atom. The van der Waals surface area contributed by atoms with Gasteiger partial charge in [-0.1, -0.05) is 0 Å². The molecular formula is C17H25FN4O. The van der Waals surface area contributed by atoms with E-state index >= 15 is 0 Å². The average Bonchev–Trinajstić information content (AvgIpc) is 2.97. The fourth-order valence-electron chi connectivity index (χ4n) is 3.72. The SMILES string of the molecule is CC(=O)NC1CCC(N[C@@H]2CCN(c3ncccc3F)C2)CC1. The first-order valence-electron chi connectivity index (χ1n) is 8.50. The summed E-state index contributed by atoms with van der Waals surface area (Å²) < 4.78 is 13.8. The number of carbonyl (C=O) groups is 1. The lowest BCUT2D eigenvalue weighted by Crippen LogP contribution is -2.45. The van der Waals surface area contributed by atoms with Crippen LogP contribution in [0.3, 0.4) is 0 Å². The molecule has 1 saturated heterocycles. The van der Waals surface area contributed by atoms with Gasteiger partial charge in [-0.05, 0) is 44.2 Å². The van der Waals surface area contributed by atoms with Gasteiger partial charge in [0.15, 0.2) is 11.6 Å². The van der Waals surface area contributed by atoms with Crippen molar-refractivity contribution in [2.24, 2.45) is 0 Å². The Bertz CT molecular complexity index is 545. The van der Waals surface area contributed by atoms with E-state index in [0.29, 0.717) is 23.9 Å². The highest BCUT2D eigenvalue weighted by molar-refractivity contribution is 5.73. The minimum Gasteiger partial charge on any atom is -0.354 e. The van der Waals surface area contributed by atoms with Gasteiger partial charge in [0.25, 0.3) is 0 Å². The van der Waals surface area contributed by atoms with Crippen LogP contribution in [-0.2, 0) is 4.79 Å². The molecule has 126 valence electrons. The Kier molecular flexibility index (Phi) is 5.10. The summed E-state index contributed by atoms with van der Waals surface area (Å²) in [7, 11) is 0. The summed E-state index contributed by atoms with van der Waals surface area (Å²) in [5.74, 6) is 0.278. The lowest BCUT2D eigenvalue weighted by molar-refractivity contribution is -0.119. The Balaban J connectivity index is 1.46. The van der Waals surface area contributed by atoms with E-state index in [2.05, 4.69) is 15.6 Å². The molecule has 1 aromatic heterocycles. The fourth-order valence-corrected chi connectivity index (χ4v) is 3.72. The number of carbonyl (C=O) groups excluding carboxylic acids is 1. The zero-order valence-corrected chi connectivity index (χ0v) is 13.6. The Morgan fingerprint density at radius 3 is 2.65 bits per heavy atom. The van der Waals surface area contributed by atoms with Crippen molar-refractivity contribution in [3.63, 3.8) is 0 Å². The lowest BCUT2D eigenvalue weighted by atomic mass is 9.90. The Hall–Kier alpha value is -1.69. The summed E-state index contributed by atoms with van der Waals surface area (Å²) in [6, 6.07) is 4.30. The molecular weight excluding hydrogens is 295 g/mol. The summed E-state index contributed by atoms with van der Waals surface area (Å²) in [4.78, 5) is 17.3. The van der Waals surface area contributed by atoms with Gasteiger partial charge in [0.05, 0.1) is 0 Å². The van der Waals surface area contributed by atoms with Crippen molar-refractivity contribution in [2.75, 3.05) is 18.0 Å². The monoisotopic (exact) mass is 320 g/mol. The van der Waals surface area contributed by atoms with Crippen LogP contribution in [0, 0.1) is 5.82 Å². The van der Waals surface area contributed by atoms with Gasteiger partial charge in [0, 0.05) is 44.3 Å². The Labute approximate surface area is 136 Å². The number of hydrogen-bond acceptors (Lipinski definition) is 4. The van der Waals surface area contributed by atoms with E-state index in [0.717, 1.165) is 45.2 Å². The van der Waals surface area contributed by atoms with Crippen LogP contribution in [0.4, 0.5) is 10.2 Å². The van der Waals surface area contributed by atoms with Crippen LogP contribution >= 0.6 is 0 Å². The molecule has 1 aliphatic carbocycles. The number of aromatic nitrogens is 1. The molecule has 2 aliphatic rings. The van der Waals surface area contributed by atoms with Crippen LogP contribution in [0.2, 0.25) is 0 Å². The van der Waals surface area contributed by atoms with Gasteiger partial charge in [0.2, 0.25) is 5.91 Å². The lowest BCUT2D eigenvalue weighted by Gasteiger charge is -2.31. The van der Waals surface area contributed by atoms with E-state index in [-0.39, 0.29) is 11.7 Å². The quantitative estimate of drug-likeness (QED) is 0.889. The summed E-state index contributed by atoms with van der Waals surface area (Å²) in [6.07, 6.45) is 6.88. The second kappa shape index (κ2) is 7.25. The van der Waals surface area contributed by atoms with Crippen molar-refractivity contribution in [3.05, 3.63) is 24.1 Å². The van der Waals surface area contributed by atoms with Gasteiger partial charge in [-0.25, -0.2) is 9.37 Å². The number of pyridine rings is 1. The standard InChI is InChI=1S/C17H25FN4O/c1-12(23)20-13-4-6-14(7-5-13)21-15-8-10-22(11-15)17-16(18)3-2-9-19-17/h2-3,9,13-15,21H,4-8,10-11H2,1H3,(H,20,23)/t13?,14?,15-/m1/s1. The van der Waals surface area contributed by atoms with E-state index in [1.807, 2.05) is 4.90 Å². The van der Waals surface area contributed by atoms with E-state index < -0.39 is 0 Å². The van der Waals surface area contributed by atoms with E-state index in [1.54, 1.807) is 19.2 Å². The van der Waals surface area contributed by atoms with Gasteiger partial charge in [-0.2, -0.15) is 0 Å². The predicted molar refractivity (Wildman–Crippen MR) is 87.8 cm³/mol. The van der Waals surface area contributed by atoms with Gasteiger partial charge in [-0.15, -0.1) is 0 Å². The van der Waals surface area contributed by atoms with E-state index in [1.165, 1.54) is 6.07 Å². The predicted octanol–water partition coefficient (Wildman–Crippen LogP) is 1.84. The molecule has 1 aromatic rings. The first kappa shape index (κ1) is 16.2. The number of nitrogens with zero attached hydrogens (tertiary/aromatic N) is 2. The maximum absolute atomic E-state index is 13.8. The molecule has 0 unspecified atom stereocenters. The first-order valence-corrected chi connectivity index (χ1v) is 8.50. The van der Waals surface area contributed by atoms with Crippen molar-refractivity contribution >= 4 is 11.7 Å². The number of hydrogen-bond donors (Lipinski definition) is 2. The van der Waals surface area contributed by atoms with Crippen molar-refractivity contribution in [1.29, 1.82) is 0 Å². The van der Waals surface area contributed by atoms with Crippen molar-refractivity contribution < 1.29 is 9.18 Å². The third-order valence-electron chi connectivity index (χ3n) is 4.83. The van der Waals surface area contributed by atoms with Crippen molar-refractivity contribution in [1.82, 2.24) is 15.6 Å². The largest absolute Gasteiger partial charge is 0.354 e. The topological polar surface area (TPSA) is 57.3 Å². The molecule has 0 aromatic carbocycles. The second-order valence-corrected chi connectivity index (χ2v) is 6.66. The van der Waals surface area contributed by atoms with Crippen molar-refractivity contribution in [2.45, 2.75) is 57.2 Å². The minimum atomic E-state index is -0.246. The number of anilines is 1. The average molecular weight is 320 g/mol. The molecule has 2 N–H and O–H groups in total. The molecule has 0 spiro atoms. The number of amides is 1. The van der Waals surface area contributed by atoms with Gasteiger partial charge in [-0.3, -0.25) is 4.79 Å². The van der Waals surface area contributed by atoms with Crippen LogP contribution in [0.15, 0.2) is 18.3 Å². The van der Waals surface area contributed by atoms with Crippen LogP contribution in [0.5, 0.6) is 0 Å². The molecule has 3 rings (SSSR count). The maximum Gasteiger partial charge on any atom is 0.217 e. The van der Waals surface area contributed by atoms with Gasteiger partial charge in [0.1, 0.15) is 0 Å². The summed E-state index contributed by atoms with van der Waals surface area (Å²) >= 11 is 0. The molecule has 1 atom stereocenters. The van der Waals surface area contributed by atoms with Crippen LogP contribution < -0.4 is 15.5 Å². The van der Waals surface area contributed by atoms with E-state index in [4.69, 9.17) is 0 Å². The van der Waals surface area contributed by atoms with Crippen LogP contribution in [-0.4, -0.2) is 42.1 Å². The maximum atomic E-state index is 13.8. The Morgan fingerprint density at radius 2 is 1.96 bits per heavy atom. The number of nitrogens with one attached hydrogen (secondary N) is 2. The van der Waals surface area contributed by atoms with E-state index in [9.17, 15) is 9.18 Å². The fraction of sp³-hybridized carbons (Fsp3) is 0.647. The molecule has 6 heteroatoms. The molecule has 0 bridgehead atoms. The molecule has 1 aliphatic heterocycles. The highest BCUT2D eigenvalue weighted by Gasteiger charge is 2.29. The first-order chi connectivity index (χ1) is 11.1. The zero-order chi connectivity index (χ0) is 16.2. The number of rotatable bonds is 4.